The van der Waals surface area contributed by atoms with E-state index in [1.54, 1.807) is 18.5 Å². The maximum Gasteiger partial charge on any atom is 0.216 e. The highest BCUT2D eigenvalue weighted by molar-refractivity contribution is 6.30. The van der Waals surface area contributed by atoms with Crippen LogP contribution < -0.4 is 10.1 Å². The molecule has 0 aliphatic carbocycles. The molecule has 1 N–H and O–H groups in total. The van der Waals surface area contributed by atoms with E-state index >= 15 is 0 Å². The standard InChI is InChI=1S/C16H17ClFN3O/c1-10-4-13(17)8-21-16(10)22-15(11-2-3-19-6-11)12-5-14(18)9-20-7-12/h4-5,7-9,11,15,19H,2-3,6H2,1H3/t11-,15+/m1/s1. The first-order valence-electron chi connectivity index (χ1n) is 7.23. The van der Waals surface area contributed by atoms with Crippen LogP contribution in [-0.2, 0) is 0 Å². The van der Waals surface area contributed by atoms with Gasteiger partial charge >= 0.3 is 0 Å². The van der Waals surface area contributed by atoms with Crippen LogP contribution in [0.3, 0.4) is 0 Å². The van der Waals surface area contributed by atoms with Crippen LogP contribution in [0.1, 0.15) is 23.7 Å². The molecule has 3 heterocycles. The summed E-state index contributed by atoms with van der Waals surface area (Å²) in [6, 6.07) is 3.28. The fraction of sp³-hybridized carbons (Fsp3) is 0.375. The molecule has 0 amide bonds. The Morgan fingerprint density at radius 3 is 2.91 bits per heavy atom. The predicted molar refractivity (Wildman–Crippen MR) is 82.5 cm³/mol. The number of pyridine rings is 2. The van der Waals surface area contributed by atoms with Crippen molar-refractivity contribution in [3.05, 3.63) is 52.7 Å². The molecule has 0 spiro atoms. The Hall–Kier alpha value is -1.72. The van der Waals surface area contributed by atoms with E-state index < -0.39 is 0 Å². The third kappa shape index (κ3) is 3.36. The smallest absolute Gasteiger partial charge is 0.216 e. The minimum atomic E-state index is -0.363. The van der Waals surface area contributed by atoms with Gasteiger partial charge in [-0.15, -0.1) is 0 Å². The molecule has 3 rings (SSSR count). The van der Waals surface area contributed by atoms with Crippen molar-refractivity contribution in [2.75, 3.05) is 13.1 Å². The lowest BCUT2D eigenvalue weighted by molar-refractivity contribution is 0.136. The summed E-state index contributed by atoms with van der Waals surface area (Å²) in [4.78, 5) is 8.19. The van der Waals surface area contributed by atoms with Gasteiger partial charge in [-0.3, -0.25) is 4.98 Å². The molecule has 22 heavy (non-hydrogen) atoms. The van der Waals surface area contributed by atoms with Crippen LogP contribution in [0.15, 0.2) is 30.7 Å². The fourth-order valence-electron chi connectivity index (χ4n) is 2.73. The van der Waals surface area contributed by atoms with Gasteiger partial charge in [0.1, 0.15) is 11.9 Å². The number of halogens is 2. The predicted octanol–water partition coefficient (Wildman–Crippen LogP) is 3.31. The first-order valence-corrected chi connectivity index (χ1v) is 7.61. The van der Waals surface area contributed by atoms with Gasteiger partial charge in [0.2, 0.25) is 5.88 Å². The van der Waals surface area contributed by atoms with Gasteiger partial charge in [0.05, 0.1) is 11.2 Å². The largest absolute Gasteiger partial charge is 0.469 e. The molecule has 0 unspecified atom stereocenters. The number of aromatic nitrogens is 2. The molecule has 2 aromatic heterocycles. The summed E-state index contributed by atoms with van der Waals surface area (Å²) in [5.41, 5.74) is 1.58. The fourth-order valence-corrected chi connectivity index (χ4v) is 2.94. The van der Waals surface area contributed by atoms with Crippen LogP contribution in [-0.4, -0.2) is 23.1 Å². The summed E-state index contributed by atoms with van der Waals surface area (Å²) in [5.74, 6) is 0.406. The van der Waals surface area contributed by atoms with Crippen molar-refractivity contribution in [3.63, 3.8) is 0 Å². The zero-order chi connectivity index (χ0) is 15.5. The zero-order valence-corrected chi connectivity index (χ0v) is 13.0. The van der Waals surface area contributed by atoms with Crippen LogP contribution in [0.4, 0.5) is 4.39 Å². The van der Waals surface area contributed by atoms with Gasteiger partial charge in [0.25, 0.3) is 0 Å². The minimum Gasteiger partial charge on any atom is -0.469 e. The average molecular weight is 322 g/mol. The summed E-state index contributed by atoms with van der Waals surface area (Å²) in [7, 11) is 0. The van der Waals surface area contributed by atoms with E-state index in [0.29, 0.717) is 10.9 Å². The number of aryl methyl sites for hydroxylation is 1. The van der Waals surface area contributed by atoms with E-state index in [9.17, 15) is 4.39 Å². The number of nitrogens with one attached hydrogen (secondary N) is 1. The second-order valence-corrected chi connectivity index (χ2v) is 5.94. The van der Waals surface area contributed by atoms with E-state index in [-0.39, 0.29) is 17.8 Å². The SMILES string of the molecule is Cc1cc(Cl)cnc1O[C@H](c1cncc(F)c1)[C@@H]1CCNC1. The molecule has 1 fully saturated rings. The number of hydrogen-bond donors (Lipinski definition) is 1. The molecular formula is C16H17ClFN3O. The first-order chi connectivity index (χ1) is 10.6. The summed E-state index contributed by atoms with van der Waals surface area (Å²) in [5, 5.41) is 3.88. The molecular weight excluding hydrogens is 305 g/mol. The van der Waals surface area contributed by atoms with E-state index in [2.05, 4.69) is 15.3 Å². The minimum absolute atomic E-state index is 0.250. The Kier molecular flexibility index (Phi) is 4.55. The normalized spacial score (nSPS) is 19.1. The van der Waals surface area contributed by atoms with Crippen LogP contribution in [0.25, 0.3) is 0 Å². The number of nitrogens with zero attached hydrogens (tertiary/aromatic N) is 2. The first kappa shape index (κ1) is 15.2. The Morgan fingerprint density at radius 2 is 2.23 bits per heavy atom. The van der Waals surface area contributed by atoms with Crippen molar-refractivity contribution in [2.45, 2.75) is 19.4 Å². The van der Waals surface area contributed by atoms with Crippen molar-refractivity contribution in [2.24, 2.45) is 5.92 Å². The van der Waals surface area contributed by atoms with Crippen molar-refractivity contribution in [1.29, 1.82) is 0 Å². The summed E-state index contributed by atoms with van der Waals surface area (Å²) >= 11 is 5.93. The van der Waals surface area contributed by atoms with E-state index in [1.807, 2.05) is 6.92 Å². The lowest BCUT2D eigenvalue weighted by atomic mass is 9.96. The maximum atomic E-state index is 13.5. The van der Waals surface area contributed by atoms with Gasteiger partial charge in [-0.2, -0.15) is 0 Å². The van der Waals surface area contributed by atoms with Gasteiger partial charge < -0.3 is 10.1 Å². The lowest BCUT2D eigenvalue weighted by Gasteiger charge is -2.24. The molecule has 2 aromatic rings. The lowest BCUT2D eigenvalue weighted by Crippen LogP contribution is -2.22. The summed E-state index contributed by atoms with van der Waals surface area (Å²) in [6.07, 6.45) is 5.08. The molecule has 0 saturated carbocycles. The Balaban J connectivity index is 1.91. The Bertz CT molecular complexity index is 662. The molecule has 1 aliphatic rings. The van der Waals surface area contributed by atoms with Crippen LogP contribution >= 0.6 is 11.6 Å². The van der Waals surface area contributed by atoms with E-state index in [0.717, 1.165) is 30.6 Å². The van der Waals surface area contributed by atoms with Gasteiger partial charge in [0, 0.05) is 36.0 Å². The molecule has 4 nitrogen and oxygen atoms in total. The highest BCUT2D eigenvalue weighted by Gasteiger charge is 2.29. The van der Waals surface area contributed by atoms with Gasteiger partial charge in [-0.25, -0.2) is 9.37 Å². The van der Waals surface area contributed by atoms with Crippen molar-refractivity contribution in [1.82, 2.24) is 15.3 Å². The second kappa shape index (κ2) is 6.58. The highest BCUT2D eigenvalue weighted by Crippen LogP contribution is 2.32. The maximum absolute atomic E-state index is 13.5. The van der Waals surface area contributed by atoms with Crippen LogP contribution in [0, 0.1) is 18.7 Å². The second-order valence-electron chi connectivity index (χ2n) is 5.50. The van der Waals surface area contributed by atoms with Crippen molar-refractivity contribution in [3.8, 4) is 5.88 Å². The third-order valence-electron chi connectivity index (χ3n) is 3.82. The molecule has 0 aromatic carbocycles. The monoisotopic (exact) mass is 321 g/mol. The van der Waals surface area contributed by atoms with Crippen LogP contribution in [0.2, 0.25) is 5.02 Å². The average Bonchev–Trinajstić information content (AvgIpc) is 3.00. The van der Waals surface area contributed by atoms with Gasteiger partial charge in [-0.1, -0.05) is 11.6 Å². The Morgan fingerprint density at radius 1 is 1.36 bits per heavy atom. The molecule has 1 saturated heterocycles. The van der Waals surface area contributed by atoms with E-state index in [1.165, 1.54) is 12.3 Å². The summed E-state index contributed by atoms with van der Waals surface area (Å²) < 4.78 is 19.6. The molecule has 0 radical (unpaired) electrons. The van der Waals surface area contributed by atoms with Crippen molar-refractivity contribution >= 4 is 11.6 Å². The Labute approximate surface area is 133 Å². The van der Waals surface area contributed by atoms with Gasteiger partial charge in [-0.05, 0) is 32.0 Å². The molecule has 1 aliphatic heterocycles. The number of hydrogen-bond acceptors (Lipinski definition) is 4. The topological polar surface area (TPSA) is 47.0 Å². The molecule has 0 bridgehead atoms. The quantitative estimate of drug-likeness (QED) is 0.938. The summed E-state index contributed by atoms with van der Waals surface area (Å²) in [6.45, 7) is 3.65. The van der Waals surface area contributed by atoms with Crippen LogP contribution in [0.5, 0.6) is 5.88 Å². The van der Waals surface area contributed by atoms with Crippen molar-refractivity contribution < 1.29 is 9.13 Å². The zero-order valence-electron chi connectivity index (χ0n) is 12.2. The number of ether oxygens (including phenoxy) is 1. The highest BCUT2D eigenvalue weighted by atomic mass is 35.5. The molecule has 2 atom stereocenters. The third-order valence-corrected chi connectivity index (χ3v) is 4.02. The molecule has 6 heteroatoms. The number of rotatable bonds is 4. The molecule has 116 valence electrons. The van der Waals surface area contributed by atoms with E-state index in [4.69, 9.17) is 16.3 Å². The van der Waals surface area contributed by atoms with Gasteiger partial charge in [0.15, 0.2) is 0 Å².